The molecule has 1 saturated carbocycles. The van der Waals surface area contributed by atoms with Crippen LogP contribution in [0, 0.1) is 0 Å². The van der Waals surface area contributed by atoms with Crippen molar-refractivity contribution in [3.63, 3.8) is 0 Å². The summed E-state index contributed by atoms with van der Waals surface area (Å²) in [6.45, 7) is 2.45. The molecule has 2 aromatic rings. The largest absolute Gasteiger partial charge is 0.494 e. The average molecular weight is 485 g/mol. The van der Waals surface area contributed by atoms with Gasteiger partial charge in [-0.1, -0.05) is 30.5 Å². The minimum absolute atomic E-state index is 0.114. The summed E-state index contributed by atoms with van der Waals surface area (Å²) in [5.41, 5.74) is 1.13. The van der Waals surface area contributed by atoms with Gasteiger partial charge in [0.05, 0.1) is 19.1 Å². The molecule has 9 heteroatoms. The molecule has 0 aromatic heterocycles. The number of amides is 4. The van der Waals surface area contributed by atoms with Crippen LogP contribution in [-0.2, 0) is 9.59 Å². The van der Waals surface area contributed by atoms with Crippen molar-refractivity contribution in [2.75, 3.05) is 17.2 Å². The summed E-state index contributed by atoms with van der Waals surface area (Å²) in [4.78, 5) is 40.8. The smallest absolute Gasteiger partial charge is 0.322 e. The maximum Gasteiger partial charge on any atom is 0.322 e. The van der Waals surface area contributed by atoms with Crippen LogP contribution in [0.2, 0.25) is 5.02 Å². The van der Waals surface area contributed by atoms with Gasteiger partial charge in [0.1, 0.15) is 11.8 Å². The highest BCUT2D eigenvalue weighted by molar-refractivity contribution is 6.30. The normalized spacial score (nSPS) is 21.8. The van der Waals surface area contributed by atoms with Crippen molar-refractivity contribution in [1.82, 2.24) is 10.2 Å². The van der Waals surface area contributed by atoms with Gasteiger partial charge in [0.2, 0.25) is 11.8 Å². The van der Waals surface area contributed by atoms with Gasteiger partial charge in [-0.15, -0.1) is 0 Å². The Bertz CT molecular complexity index is 1050. The fourth-order valence-corrected chi connectivity index (χ4v) is 4.87. The van der Waals surface area contributed by atoms with Crippen LogP contribution in [0.1, 0.15) is 39.0 Å². The number of rotatable bonds is 6. The predicted molar refractivity (Wildman–Crippen MR) is 131 cm³/mol. The molecule has 2 aliphatic rings. The van der Waals surface area contributed by atoms with Gasteiger partial charge >= 0.3 is 6.03 Å². The SMILES string of the molecule is CCOc1ccc(NC(=O)C[C@@H]2C(=O)N[C@@H]3CCCC[C@H]3N2C(=O)Nc2cccc(Cl)c2)cc1. The minimum Gasteiger partial charge on any atom is -0.494 e. The molecule has 2 fully saturated rings. The van der Waals surface area contributed by atoms with Crippen molar-refractivity contribution in [3.05, 3.63) is 53.6 Å². The first-order valence-corrected chi connectivity index (χ1v) is 12.0. The molecule has 0 spiro atoms. The van der Waals surface area contributed by atoms with Crippen LogP contribution in [-0.4, -0.2) is 47.5 Å². The molecule has 1 heterocycles. The first-order chi connectivity index (χ1) is 16.4. The van der Waals surface area contributed by atoms with Gasteiger partial charge in [-0.3, -0.25) is 9.59 Å². The molecule has 1 aliphatic heterocycles. The maximum absolute atomic E-state index is 13.4. The van der Waals surface area contributed by atoms with Crippen LogP contribution < -0.4 is 20.7 Å². The highest BCUT2D eigenvalue weighted by Crippen LogP contribution is 2.30. The van der Waals surface area contributed by atoms with Crippen LogP contribution in [0.5, 0.6) is 5.75 Å². The molecule has 2 aromatic carbocycles. The predicted octanol–water partition coefficient (Wildman–Crippen LogP) is 4.41. The summed E-state index contributed by atoms with van der Waals surface area (Å²) in [5.74, 6) is 0.0460. The third kappa shape index (κ3) is 5.62. The quantitative estimate of drug-likeness (QED) is 0.565. The van der Waals surface area contributed by atoms with E-state index in [4.69, 9.17) is 16.3 Å². The van der Waals surface area contributed by atoms with Crippen LogP contribution in [0.25, 0.3) is 0 Å². The second-order valence-corrected chi connectivity index (χ2v) is 8.98. The summed E-state index contributed by atoms with van der Waals surface area (Å²) in [5, 5.41) is 9.21. The Balaban J connectivity index is 1.51. The Morgan fingerprint density at radius 3 is 2.59 bits per heavy atom. The van der Waals surface area contributed by atoms with Crippen LogP contribution in [0.15, 0.2) is 48.5 Å². The number of fused-ring (bicyclic) bond motifs is 1. The Morgan fingerprint density at radius 2 is 1.85 bits per heavy atom. The summed E-state index contributed by atoms with van der Waals surface area (Å²) in [7, 11) is 0. The zero-order valence-electron chi connectivity index (χ0n) is 19.1. The van der Waals surface area contributed by atoms with Crippen LogP contribution >= 0.6 is 11.6 Å². The van der Waals surface area contributed by atoms with E-state index in [1.807, 2.05) is 6.92 Å². The molecule has 34 heavy (non-hydrogen) atoms. The minimum atomic E-state index is -0.916. The van der Waals surface area contributed by atoms with Crippen molar-refractivity contribution in [1.29, 1.82) is 0 Å². The first kappa shape index (κ1) is 23.9. The molecular formula is C25H29ClN4O4. The molecule has 1 aliphatic carbocycles. The number of carbonyl (C=O) groups is 3. The lowest BCUT2D eigenvalue weighted by atomic mass is 9.85. The molecule has 4 amide bonds. The van der Waals surface area contributed by atoms with Gasteiger partial charge < -0.3 is 25.6 Å². The lowest BCUT2D eigenvalue weighted by molar-refractivity contribution is -0.135. The van der Waals surface area contributed by atoms with E-state index in [2.05, 4.69) is 16.0 Å². The number of hydrogen-bond acceptors (Lipinski definition) is 4. The topological polar surface area (TPSA) is 99.8 Å². The monoisotopic (exact) mass is 484 g/mol. The van der Waals surface area contributed by atoms with Crippen LogP contribution in [0.3, 0.4) is 0 Å². The molecule has 0 bridgehead atoms. The Morgan fingerprint density at radius 1 is 1.09 bits per heavy atom. The number of piperazine rings is 1. The van der Waals surface area contributed by atoms with Crippen LogP contribution in [0.4, 0.5) is 16.2 Å². The molecule has 3 atom stereocenters. The zero-order valence-corrected chi connectivity index (χ0v) is 19.8. The number of carbonyl (C=O) groups excluding carboxylic acids is 3. The Hall–Kier alpha value is -3.26. The van der Waals surface area contributed by atoms with Crippen molar-refractivity contribution in [3.8, 4) is 5.75 Å². The van der Waals surface area contributed by atoms with E-state index in [0.29, 0.717) is 28.8 Å². The standard InChI is InChI=1S/C25H29ClN4O4/c1-2-34-19-12-10-17(11-13-19)27-23(31)15-22-24(32)29-20-8-3-4-9-21(20)30(22)25(33)28-18-7-5-6-16(26)14-18/h5-7,10-14,20-22H,2-4,8-9,15H2,1H3,(H,27,31)(H,28,33)(H,29,32)/t20-,21-,22-/m1/s1. The average Bonchev–Trinajstić information content (AvgIpc) is 2.81. The number of anilines is 2. The number of halogens is 1. The van der Waals surface area contributed by atoms with Gasteiger partial charge in [0.15, 0.2) is 0 Å². The Labute approximate surface area is 204 Å². The molecular weight excluding hydrogens is 456 g/mol. The molecule has 8 nitrogen and oxygen atoms in total. The summed E-state index contributed by atoms with van der Waals surface area (Å²) < 4.78 is 5.42. The van der Waals surface area contributed by atoms with E-state index in [9.17, 15) is 14.4 Å². The number of nitrogens with zero attached hydrogens (tertiary/aromatic N) is 1. The first-order valence-electron chi connectivity index (χ1n) is 11.6. The second kappa shape index (κ2) is 10.8. The van der Waals surface area contributed by atoms with E-state index in [0.717, 1.165) is 25.7 Å². The van der Waals surface area contributed by atoms with E-state index in [1.165, 1.54) is 0 Å². The highest BCUT2D eigenvalue weighted by Gasteiger charge is 2.46. The van der Waals surface area contributed by atoms with Gasteiger partial charge in [-0.25, -0.2) is 4.79 Å². The summed E-state index contributed by atoms with van der Waals surface area (Å²) in [6, 6.07) is 12.3. The number of nitrogens with one attached hydrogen (secondary N) is 3. The van der Waals surface area contributed by atoms with Gasteiger partial charge in [0, 0.05) is 22.4 Å². The molecule has 180 valence electrons. The molecule has 0 radical (unpaired) electrons. The van der Waals surface area contributed by atoms with Crippen molar-refractivity contribution < 1.29 is 19.1 Å². The van der Waals surface area contributed by atoms with E-state index in [1.54, 1.807) is 53.4 Å². The number of benzene rings is 2. The lowest BCUT2D eigenvalue weighted by Crippen LogP contribution is -2.68. The number of ether oxygens (including phenoxy) is 1. The third-order valence-electron chi connectivity index (χ3n) is 6.19. The maximum atomic E-state index is 13.4. The van der Waals surface area contributed by atoms with Gasteiger partial charge in [0.25, 0.3) is 0 Å². The van der Waals surface area contributed by atoms with Crippen molar-refractivity contribution >= 4 is 40.8 Å². The van der Waals surface area contributed by atoms with Crippen molar-refractivity contribution in [2.24, 2.45) is 0 Å². The van der Waals surface area contributed by atoms with E-state index in [-0.39, 0.29) is 30.3 Å². The fraction of sp³-hybridized carbons (Fsp3) is 0.400. The number of urea groups is 1. The molecule has 0 unspecified atom stereocenters. The molecule has 4 rings (SSSR count). The van der Waals surface area contributed by atoms with E-state index < -0.39 is 12.1 Å². The van der Waals surface area contributed by atoms with E-state index >= 15 is 0 Å². The Kier molecular flexibility index (Phi) is 7.57. The van der Waals surface area contributed by atoms with Crippen molar-refractivity contribution in [2.45, 2.75) is 57.2 Å². The zero-order chi connectivity index (χ0) is 24.1. The lowest BCUT2D eigenvalue weighted by Gasteiger charge is -2.47. The highest BCUT2D eigenvalue weighted by atomic mass is 35.5. The molecule has 1 saturated heterocycles. The van der Waals surface area contributed by atoms with Gasteiger partial charge in [-0.05, 0) is 62.2 Å². The summed E-state index contributed by atoms with van der Waals surface area (Å²) >= 11 is 6.06. The second-order valence-electron chi connectivity index (χ2n) is 8.54. The number of hydrogen-bond donors (Lipinski definition) is 3. The van der Waals surface area contributed by atoms with Gasteiger partial charge in [-0.2, -0.15) is 0 Å². The third-order valence-corrected chi connectivity index (χ3v) is 6.43. The molecule has 3 N–H and O–H groups in total. The fourth-order valence-electron chi connectivity index (χ4n) is 4.68. The summed E-state index contributed by atoms with van der Waals surface area (Å²) in [6.07, 6.45) is 3.38.